The molecule has 1 aromatic carbocycles. The van der Waals surface area contributed by atoms with Gasteiger partial charge in [0.15, 0.2) is 5.65 Å². The molecule has 8 heteroatoms. The standard InChI is InChI=1S/C28H34N6O2/c1-21-18-26-30-19-25(22(2)34(26)31-21)28(35)33-14-10-24(11-15-33)27-29-12-16-32(27)13-6-7-17-36-20-23-8-4-3-5-9-23/h3-5,8-9,12,16,18-19,24H,6-7,10-11,13-15,17,20H2,1-2H3. The van der Waals surface area contributed by atoms with Crippen LogP contribution in [-0.4, -0.2) is 54.7 Å². The Morgan fingerprint density at radius 2 is 1.89 bits per heavy atom. The van der Waals surface area contributed by atoms with Gasteiger partial charge in [-0.3, -0.25) is 4.79 Å². The number of aromatic nitrogens is 5. The van der Waals surface area contributed by atoms with Gasteiger partial charge in [0.1, 0.15) is 5.82 Å². The first-order valence-corrected chi connectivity index (χ1v) is 12.8. The van der Waals surface area contributed by atoms with Gasteiger partial charge in [-0.2, -0.15) is 5.10 Å². The number of unbranched alkanes of at least 4 members (excludes halogenated alkanes) is 1. The summed E-state index contributed by atoms with van der Waals surface area (Å²) >= 11 is 0. The second-order valence-electron chi connectivity index (χ2n) is 9.60. The van der Waals surface area contributed by atoms with Crippen molar-refractivity contribution >= 4 is 11.6 Å². The molecule has 0 N–H and O–H groups in total. The first-order valence-electron chi connectivity index (χ1n) is 12.8. The van der Waals surface area contributed by atoms with Gasteiger partial charge in [-0.05, 0) is 45.1 Å². The van der Waals surface area contributed by atoms with Gasteiger partial charge in [0.2, 0.25) is 0 Å². The average molecular weight is 487 g/mol. The van der Waals surface area contributed by atoms with Crippen molar-refractivity contribution in [1.82, 2.24) is 29.0 Å². The molecule has 0 radical (unpaired) electrons. The van der Waals surface area contributed by atoms with E-state index in [0.29, 0.717) is 18.1 Å². The maximum Gasteiger partial charge on any atom is 0.257 e. The Bertz CT molecular complexity index is 1300. The third kappa shape index (κ3) is 5.33. The number of hydrogen-bond acceptors (Lipinski definition) is 5. The van der Waals surface area contributed by atoms with Crippen LogP contribution in [0.1, 0.15) is 64.7 Å². The van der Waals surface area contributed by atoms with Gasteiger partial charge in [-0.1, -0.05) is 30.3 Å². The van der Waals surface area contributed by atoms with E-state index in [1.165, 1.54) is 5.56 Å². The summed E-state index contributed by atoms with van der Waals surface area (Å²) in [6, 6.07) is 12.2. The van der Waals surface area contributed by atoms with Crippen LogP contribution in [0.2, 0.25) is 0 Å². The van der Waals surface area contributed by atoms with Crippen molar-refractivity contribution < 1.29 is 9.53 Å². The zero-order valence-corrected chi connectivity index (χ0v) is 21.1. The normalized spacial score (nSPS) is 14.6. The number of amides is 1. The van der Waals surface area contributed by atoms with Crippen LogP contribution < -0.4 is 0 Å². The first kappa shape index (κ1) is 24.2. The number of likely N-dealkylation sites (tertiary alicyclic amines) is 1. The fourth-order valence-electron chi connectivity index (χ4n) is 5.00. The molecular formula is C28H34N6O2. The number of aryl methyl sites for hydroxylation is 3. The lowest BCUT2D eigenvalue weighted by Crippen LogP contribution is -2.39. The maximum atomic E-state index is 13.3. The zero-order chi connectivity index (χ0) is 24.9. The molecule has 0 saturated carbocycles. The Morgan fingerprint density at radius 1 is 1.08 bits per heavy atom. The van der Waals surface area contributed by atoms with Crippen LogP contribution in [0.15, 0.2) is 55.0 Å². The van der Waals surface area contributed by atoms with Crippen LogP contribution in [0.3, 0.4) is 0 Å². The van der Waals surface area contributed by atoms with Crippen LogP contribution in [0.5, 0.6) is 0 Å². The fourth-order valence-corrected chi connectivity index (χ4v) is 5.00. The lowest BCUT2D eigenvalue weighted by atomic mass is 9.95. The average Bonchev–Trinajstić information content (AvgIpc) is 3.53. The van der Waals surface area contributed by atoms with Gasteiger partial charge in [0, 0.05) is 56.8 Å². The maximum absolute atomic E-state index is 13.3. The molecule has 1 amide bonds. The highest BCUT2D eigenvalue weighted by molar-refractivity contribution is 5.95. The van der Waals surface area contributed by atoms with E-state index in [0.717, 1.165) is 74.8 Å². The number of carbonyl (C=O) groups is 1. The molecule has 0 aliphatic carbocycles. The van der Waals surface area contributed by atoms with E-state index in [4.69, 9.17) is 4.74 Å². The van der Waals surface area contributed by atoms with E-state index in [1.54, 1.807) is 10.7 Å². The molecule has 5 rings (SSSR count). The molecule has 0 unspecified atom stereocenters. The predicted molar refractivity (Wildman–Crippen MR) is 138 cm³/mol. The van der Waals surface area contributed by atoms with Crippen molar-refractivity contribution in [3.8, 4) is 0 Å². The number of carbonyl (C=O) groups excluding carboxylic acids is 1. The summed E-state index contributed by atoms with van der Waals surface area (Å²) < 4.78 is 9.86. The fraction of sp³-hybridized carbons (Fsp3) is 0.429. The largest absolute Gasteiger partial charge is 0.377 e. The quantitative estimate of drug-likeness (QED) is 0.324. The Labute approximate surface area is 211 Å². The van der Waals surface area contributed by atoms with Crippen molar-refractivity contribution in [3.63, 3.8) is 0 Å². The molecule has 4 heterocycles. The number of ether oxygens (including phenoxy) is 1. The number of imidazole rings is 1. The predicted octanol–water partition coefficient (Wildman–Crippen LogP) is 4.56. The molecular weight excluding hydrogens is 452 g/mol. The van der Waals surface area contributed by atoms with Crippen LogP contribution >= 0.6 is 0 Å². The summed E-state index contributed by atoms with van der Waals surface area (Å²) in [5, 5.41) is 4.48. The summed E-state index contributed by atoms with van der Waals surface area (Å²) in [4.78, 5) is 24.3. The van der Waals surface area contributed by atoms with Gasteiger partial charge < -0.3 is 14.2 Å². The van der Waals surface area contributed by atoms with E-state index in [9.17, 15) is 4.79 Å². The van der Waals surface area contributed by atoms with Gasteiger partial charge in [0.25, 0.3) is 5.91 Å². The second kappa shape index (κ2) is 11.0. The molecule has 1 aliphatic rings. The van der Waals surface area contributed by atoms with E-state index in [2.05, 4.69) is 38.0 Å². The highest BCUT2D eigenvalue weighted by Gasteiger charge is 2.28. The molecule has 4 aromatic rings. The van der Waals surface area contributed by atoms with E-state index < -0.39 is 0 Å². The molecule has 1 saturated heterocycles. The van der Waals surface area contributed by atoms with Gasteiger partial charge in [0.05, 0.1) is 23.6 Å². The molecule has 1 aliphatic heterocycles. The van der Waals surface area contributed by atoms with Crippen LogP contribution in [0.4, 0.5) is 0 Å². The van der Waals surface area contributed by atoms with Crippen molar-refractivity contribution in [1.29, 1.82) is 0 Å². The second-order valence-corrected chi connectivity index (χ2v) is 9.60. The molecule has 0 bridgehead atoms. The minimum atomic E-state index is 0.0346. The van der Waals surface area contributed by atoms with Crippen molar-refractivity contribution in [2.75, 3.05) is 19.7 Å². The van der Waals surface area contributed by atoms with E-state index in [-0.39, 0.29) is 5.91 Å². The molecule has 3 aromatic heterocycles. The number of fused-ring (bicyclic) bond motifs is 1. The Kier molecular flexibility index (Phi) is 7.41. The summed E-state index contributed by atoms with van der Waals surface area (Å²) in [6.07, 6.45) is 9.57. The van der Waals surface area contributed by atoms with Gasteiger partial charge in [-0.15, -0.1) is 0 Å². The highest BCUT2D eigenvalue weighted by Crippen LogP contribution is 2.28. The minimum absolute atomic E-state index is 0.0346. The Hall–Kier alpha value is -3.52. The summed E-state index contributed by atoms with van der Waals surface area (Å²) in [7, 11) is 0. The van der Waals surface area contributed by atoms with E-state index in [1.807, 2.05) is 49.2 Å². The van der Waals surface area contributed by atoms with Crippen molar-refractivity contribution in [3.05, 3.63) is 83.3 Å². The summed E-state index contributed by atoms with van der Waals surface area (Å²) in [6.45, 7) is 7.68. The number of benzene rings is 1. The number of hydrogen-bond donors (Lipinski definition) is 0. The zero-order valence-electron chi connectivity index (χ0n) is 21.1. The number of piperidine rings is 1. The van der Waals surface area contributed by atoms with Crippen molar-refractivity contribution in [2.45, 2.75) is 58.6 Å². The first-order chi connectivity index (χ1) is 17.6. The van der Waals surface area contributed by atoms with Crippen LogP contribution in [0.25, 0.3) is 5.65 Å². The minimum Gasteiger partial charge on any atom is -0.377 e. The van der Waals surface area contributed by atoms with Crippen LogP contribution in [-0.2, 0) is 17.9 Å². The topological polar surface area (TPSA) is 77.5 Å². The molecule has 188 valence electrons. The lowest BCUT2D eigenvalue weighted by molar-refractivity contribution is 0.0708. The molecule has 36 heavy (non-hydrogen) atoms. The summed E-state index contributed by atoms with van der Waals surface area (Å²) in [5.41, 5.74) is 4.34. The van der Waals surface area contributed by atoms with Gasteiger partial charge in [-0.25, -0.2) is 14.5 Å². The Balaban J connectivity index is 1.10. The molecule has 8 nitrogen and oxygen atoms in total. The Morgan fingerprint density at radius 3 is 2.69 bits per heavy atom. The lowest BCUT2D eigenvalue weighted by Gasteiger charge is -2.32. The molecule has 1 fully saturated rings. The monoisotopic (exact) mass is 486 g/mol. The highest BCUT2D eigenvalue weighted by atomic mass is 16.5. The van der Waals surface area contributed by atoms with E-state index >= 15 is 0 Å². The molecule has 0 atom stereocenters. The van der Waals surface area contributed by atoms with Crippen LogP contribution in [0, 0.1) is 13.8 Å². The smallest absolute Gasteiger partial charge is 0.257 e. The van der Waals surface area contributed by atoms with Gasteiger partial charge >= 0.3 is 0 Å². The SMILES string of the molecule is Cc1cc2ncc(C(=O)N3CCC(c4nccn4CCCCOCc4ccccc4)CC3)c(C)n2n1. The molecule has 0 spiro atoms. The number of rotatable bonds is 9. The summed E-state index contributed by atoms with van der Waals surface area (Å²) in [5.74, 6) is 1.54. The number of nitrogens with zero attached hydrogens (tertiary/aromatic N) is 6. The third-order valence-electron chi connectivity index (χ3n) is 7.02. The third-order valence-corrected chi connectivity index (χ3v) is 7.02. The van der Waals surface area contributed by atoms with Crippen molar-refractivity contribution in [2.24, 2.45) is 0 Å².